The first-order chi connectivity index (χ1) is 28.6. The van der Waals surface area contributed by atoms with E-state index in [0.717, 1.165) is 38.5 Å². The van der Waals surface area contributed by atoms with E-state index >= 15 is 0 Å². The average molecular weight is 842 g/mol. The van der Waals surface area contributed by atoms with Crippen molar-refractivity contribution in [1.29, 1.82) is 0 Å². The van der Waals surface area contributed by atoms with Crippen LogP contribution >= 0.6 is 0 Å². The van der Waals surface area contributed by atoms with Crippen LogP contribution in [0.3, 0.4) is 0 Å². The van der Waals surface area contributed by atoms with Crippen LogP contribution in [0.5, 0.6) is 0 Å². The minimum absolute atomic E-state index is 0.0441. The molecule has 0 aliphatic carbocycles. The summed E-state index contributed by atoms with van der Waals surface area (Å²) in [7, 11) is 0. The van der Waals surface area contributed by atoms with Crippen LogP contribution in [-0.4, -0.2) is 111 Å². The lowest BCUT2D eigenvalue weighted by Crippen LogP contribution is -2.70. The van der Waals surface area contributed by atoms with Gasteiger partial charge < -0.3 is 45.8 Å². The zero-order valence-corrected chi connectivity index (χ0v) is 37.2. The molecule has 59 heavy (non-hydrogen) atoms. The Morgan fingerprint density at radius 1 is 0.576 bits per heavy atom. The first-order valence-electron chi connectivity index (χ1n) is 23.9. The third-order valence-electron chi connectivity index (χ3n) is 11.7. The van der Waals surface area contributed by atoms with Gasteiger partial charge in [0.25, 0.3) is 0 Å². The second-order valence-electron chi connectivity index (χ2n) is 17.0. The highest BCUT2D eigenvalue weighted by Crippen LogP contribution is 2.26. The number of rotatable bonds is 39. The highest BCUT2D eigenvalue weighted by molar-refractivity contribution is 5.88. The van der Waals surface area contributed by atoms with Crippen LogP contribution in [0.1, 0.15) is 213 Å². The van der Waals surface area contributed by atoms with E-state index in [9.17, 15) is 39.6 Å². The number of aliphatic hydroxyl groups is 4. The summed E-state index contributed by atoms with van der Waals surface area (Å²) in [6, 6.07) is -2.77. The molecular formula is C46H87N3O10. The SMILES string of the molecule is CCCCCCCCCCCCCCCCCC(=O)N(CCCCCCCCCCCCCC)[C@@H]1O[C@H](CO)[C@@H](O)[C@H](O)[C@@H]1NC(=O)[C@H](CO)NC(=O)CCCC(=O)O. The van der Waals surface area contributed by atoms with Crippen LogP contribution in [0.2, 0.25) is 0 Å². The number of carboxylic acid groups (broad SMARTS) is 1. The van der Waals surface area contributed by atoms with Crippen LogP contribution in [0.4, 0.5) is 0 Å². The minimum Gasteiger partial charge on any atom is -0.481 e. The van der Waals surface area contributed by atoms with Gasteiger partial charge in [0.2, 0.25) is 17.7 Å². The second-order valence-corrected chi connectivity index (χ2v) is 17.0. The molecule has 0 aromatic carbocycles. The summed E-state index contributed by atoms with van der Waals surface area (Å²) in [6.45, 7) is 3.35. The van der Waals surface area contributed by atoms with Crippen LogP contribution in [0, 0.1) is 0 Å². The molecule has 0 radical (unpaired) electrons. The summed E-state index contributed by atoms with van der Waals surface area (Å²) in [5.74, 6) is -2.78. The van der Waals surface area contributed by atoms with Gasteiger partial charge in [-0.15, -0.1) is 0 Å². The van der Waals surface area contributed by atoms with Gasteiger partial charge >= 0.3 is 5.97 Å². The number of carbonyl (C=O) groups excluding carboxylic acids is 3. The van der Waals surface area contributed by atoms with Gasteiger partial charge in [0.05, 0.1) is 13.2 Å². The van der Waals surface area contributed by atoms with E-state index < -0.39 is 67.6 Å². The highest BCUT2D eigenvalue weighted by atomic mass is 16.5. The van der Waals surface area contributed by atoms with Crippen LogP contribution in [0.15, 0.2) is 0 Å². The van der Waals surface area contributed by atoms with Gasteiger partial charge in [-0.2, -0.15) is 0 Å². The van der Waals surface area contributed by atoms with Gasteiger partial charge in [0.15, 0.2) is 6.23 Å². The maximum absolute atomic E-state index is 14.0. The summed E-state index contributed by atoms with van der Waals surface area (Å²) < 4.78 is 6.10. The lowest BCUT2D eigenvalue weighted by atomic mass is 9.94. The molecule has 0 bridgehead atoms. The number of amides is 3. The van der Waals surface area contributed by atoms with Gasteiger partial charge in [-0.3, -0.25) is 19.2 Å². The second kappa shape index (κ2) is 36.3. The molecule has 7 N–H and O–H groups in total. The van der Waals surface area contributed by atoms with Crippen molar-refractivity contribution in [3.63, 3.8) is 0 Å². The molecule has 1 fully saturated rings. The summed E-state index contributed by atoms with van der Waals surface area (Å²) in [6.07, 6.45) is 26.0. The predicted octanol–water partition coefficient (Wildman–Crippen LogP) is 7.43. The zero-order chi connectivity index (χ0) is 43.5. The molecule has 0 spiro atoms. The lowest BCUT2D eigenvalue weighted by molar-refractivity contribution is -0.231. The Morgan fingerprint density at radius 3 is 1.44 bits per heavy atom. The van der Waals surface area contributed by atoms with E-state index in [1.165, 1.54) is 127 Å². The topological polar surface area (TPSA) is 206 Å². The fraction of sp³-hybridized carbons (Fsp3) is 0.913. The van der Waals surface area contributed by atoms with E-state index in [1.807, 2.05) is 0 Å². The normalized spacial score (nSPS) is 19.7. The third kappa shape index (κ3) is 25.9. The fourth-order valence-electron chi connectivity index (χ4n) is 7.95. The van der Waals surface area contributed by atoms with Crippen molar-refractivity contribution in [2.75, 3.05) is 19.8 Å². The van der Waals surface area contributed by atoms with E-state index in [1.54, 1.807) is 0 Å². The Hall–Kier alpha value is -2.32. The third-order valence-corrected chi connectivity index (χ3v) is 11.7. The maximum atomic E-state index is 14.0. The molecule has 0 aromatic rings. The fourth-order valence-corrected chi connectivity index (χ4v) is 7.95. The number of unbranched alkanes of at least 4 members (excludes halogenated alkanes) is 25. The molecule has 346 valence electrons. The molecule has 1 heterocycles. The molecule has 1 aliphatic rings. The number of nitrogens with one attached hydrogen (secondary N) is 2. The molecule has 13 nitrogen and oxygen atoms in total. The number of nitrogens with zero attached hydrogens (tertiary/aromatic N) is 1. The van der Waals surface area contributed by atoms with Crippen molar-refractivity contribution < 1.29 is 49.4 Å². The van der Waals surface area contributed by atoms with Crippen LogP contribution in [0.25, 0.3) is 0 Å². The summed E-state index contributed by atoms with van der Waals surface area (Å²) in [4.78, 5) is 52.2. The Balaban J connectivity index is 2.85. The van der Waals surface area contributed by atoms with Gasteiger partial charge in [-0.1, -0.05) is 174 Å². The van der Waals surface area contributed by atoms with E-state index in [-0.39, 0.29) is 38.1 Å². The first kappa shape index (κ1) is 54.7. The molecule has 1 aliphatic heterocycles. The number of hydrogen-bond donors (Lipinski definition) is 7. The van der Waals surface area contributed by atoms with E-state index in [0.29, 0.717) is 12.8 Å². The number of carbonyl (C=O) groups is 4. The molecule has 6 atom stereocenters. The number of hydrogen-bond acceptors (Lipinski definition) is 9. The standard InChI is InChI=1S/C46H87N3O10/c1-3-5-7-9-11-13-15-17-18-19-20-22-24-26-28-32-40(53)49(34-29-27-25-23-21-16-14-12-10-8-6-4-2)46-42(44(57)43(56)38(36-51)59-46)48-45(58)37(35-50)47-39(52)31-30-33-41(54)55/h37-38,42-44,46,50-51,56-57H,3-36H2,1-2H3,(H,47,52)(H,48,58)(H,54,55)/t37-,38+,42-,43+,44+,46+/m0/s1. The van der Waals surface area contributed by atoms with Gasteiger partial charge in [-0.25, -0.2) is 0 Å². The largest absolute Gasteiger partial charge is 0.481 e. The van der Waals surface area contributed by atoms with Crippen LogP contribution < -0.4 is 10.6 Å². The lowest BCUT2D eigenvalue weighted by Gasteiger charge is -2.47. The van der Waals surface area contributed by atoms with Crippen molar-refractivity contribution in [3.8, 4) is 0 Å². The summed E-state index contributed by atoms with van der Waals surface area (Å²) in [5, 5.41) is 56.0. The monoisotopic (exact) mass is 842 g/mol. The molecule has 13 heteroatoms. The number of carboxylic acids is 1. The molecule has 0 saturated carbocycles. The van der Waals surface area contributed by atoms with Crippen molar-refractivity contribution in [2.45, 2.75) is 250 Å². The number of aliphatic hydroxyl groups excluding tert-OH is 4. The quantitative estimate of drug-likeness (QED) is 0.0305. The predicted molar refractivity (Wildman–Crippen MR) is 233 cm³/mol. The van der Waals surface area contributed by atoms with E-state index in [2.05, 4.69) is 24.5 Å². The van der Waals surface area contributed by atoms with Crippen molar-refractivity contribution in [2.24, 2.45) is 0 Å². The van der Waals surface area contributed by atoms with Crippen molar-refractivity contribution in [3.05, 3.63) is 0 Å². The Kier molecular flexibility index (Phi) is 33.7. The summed E-state index contributed by atoms with van der Waals surface area (Å²) in [5.41, 5.74) is 0. The molecule has 3 amide bonds. The number of aliphatic carboxylic acids is 1. The Morgan fingerprint density at radius 2 is 1.02 bits per heavy atom. The Bertz CT molecular complexity index is 1080. The molecule has 0 unspecified atom stereocenters. The first-order valence-corrected chi connectivity index (χ1v) is 23.9. The van der Waals surface area contributed by atoms with Gasteiger partial charge in [0, 0.05) is 25.8 Å². The van der Waals surface area contributed by atoms with E-state index in [4.69, 9.17) is 9.84 Å². The average Bonchev–Trinajstić information content (AvgIpc) is 3.22. The highest BCUT2D eigenvalue weighted by Gasteiger charge is 2.48. The molecule has 1 rings (SSSR count). The number of ether oxygens (including phenoxy) is 1. The molecule has 1 saturated heterocycles. The minimum atomic E-state index is -1.64. The summed E-state index contributed by atoms with van der Waals surface area (Å²) >= 11 is 0. The van der Waals surface area contributed by atoms with Gasteiger partial charge in [-0.05, 0) is 19.3 Å². The van der Waals surface area contributed by atoms with Crippen molar-refractivity contribution >= 4 is 23.7 Å². The molecular weight excluding hydrogens is 755 g/mol. The smallest absolute Gasteiger partial charge is 0.303 e. The Labute approximate surface area is 357 Å². The van der Waals surface area contributed by atoms with Gasteiger partial charge in [0.1, 0.15) is 30.4 Å². The van der Waals surface area contributed by atoms with Crippen LogP contribution in [-0.2, 0) is 23.9 Å². The van der Waals surface area contributed by atoms with Crippen molar-refractivity contribution in [1.82, 2.24) is 15.5 Å². The maximum Gasteiger partial charge on any atom is 0.303 e. The zero-order valence-electron chi connectivity index (χ0n) is 37.2. The molecule has 0 aromatic heterocycles.